The third-order valence-corrected chi connectivity index (χ3v) is 8.50. The molecule has 0 saturated heterocycles. The van der Waals surface area contributed by atoms with Gasteiger partial charge in [0.05, 0.1) is 27.2 Å². The first kappa shape index (κ1) is 23.7. The minimum Gasteiger partial charge on any atom is -0.305 e. The van der Waals surface area contributed by atoms with Gasteiger partial charge in [-0.15, -0.1) is 10.2 Å². The number of hydrogen-bond donors (Lipinski definition) is 2. The zero-order valence-corrected chi connectivity index (χ0v) is 20.2. The van der Waals surface area contributed by atoms with Gasteiger partial charge in [0.2, 0.25) is 15.2 Å². The number of rotatable bonds is 8. The van der Waals surface area contributed by atoms with Crippen LogP contribution in [0.4, 0.5) is 13.2 Å². The van der Waals surface area contributed by atoms with Crippen molar-refractivity contribution < 1.29 is 21.6 Å². The van der Waals surface area contributed by atoms with E-state index in [2.05, 4.69) is 25.0 Å². The highest BCUT2D eigenvalue weighted by atomic mass is 32.2. The van der Waals surface area contributed by atoms with E-state index in [0.29, 0.717) is 35.6 Å². The van der Waals surface area contributed by atoms with E-state index in [-0.39, 0.29) is 33.0 Å². The molecule has 0 aliphatic heterocycles. The monoisotopic (exact) mass is 527 g/mol. The molecule has 1 aliphatic carbocycles. The summed E-state index contributed by atoms with van der Waals surface area (Å²) < 4.78 is 71.7. The molecule has 0 atom stereocenters. The first-order valence-electron chi connectivity index (χ1n) is 10.5. The topological polar surface area (TPSA) is 128 Å². The van der Waals surface area contributed by atoms with Gasteiger partial charge in [-0.2, -0.15) is 5.10 Å². The molecule has 0 unspecified atom stereocenters. The summed E-state index contributed by atoms with van der Waals surface area (Å²) in [5.74, 6) is 0. The summed E-state index contributed by atoms with van der Waals surface area (Å²) in [7, 11) is -2.52. The van der Waals surface area contributed by atoms with Crippen LogP contribution in [0.2, 0.25) is 0 Å². The number of H-pyrrole nitrogens is 1. The maximum Gasteiger partial charge on any atom is 0.332 e. The molecule has 4 aromatic rings. The molecule has 0 radical (unpaired) electrons. The van der Waals surface area contributed by atoms with E-state index in [1.165, 1.54) is 12.1 Å². The summed E-state index contributed by atoms with van der Waals surface area (Å²) in [5.41, 5.74) is 0.149. The Kier molecular flexibility index (Phi) is 5.60. The fourth-order valence-electron chi connectivity index (χ4n) is 4.02. The molecule has 1 aromatic carbocycles. The number of hydrogen-bond acceptors (Lipinski definition) is 7. The largest absolute Gasteiger partial charge is 0.332 e. The minimum atomic E-state index is -4.22. The summed E-state index contributed by atoms with van der Waals surface area (Å²) in [4.78, 5) is 15.3. The highest BCUT2D eigenvalue weighted by Gasteiger charge is 2.47. The number of fused-ring (bicyclic) bond motifs is 1. The number of imidazole rings is 1. The van der Waals surface area contributed by atoms with E-state index in [1.54, 1.807) is 24.7 Å². The molecule has 186 valence electrons. The molecular weight excluding hydrogens is 507 g/mol. The van der Waals surface area contributed by atoms with Crippen LogP contribution >= 0.6 is 11.3 Å². The van der Waals surface area contributed by atoms with Crippen LogP contribution in [-0.2, 0) is 23.5 Å². The normalized spacial score (nSPS) is 15.4. The number of aryl methyl sites for hydroxylation is 2. The van der Waals surface area contributed by atoms with Crippen LogP contribution in [0.3, 0.4) is 0 Å². The standard InChI is InChI=1S/C20H20F3N7O3S2/c1-10-7-11(29(2)27-10)8-12-14(35(32,33)28-20(9-21)5-6-20)4-3-13-15(12)30(18(31)24-13)19-26-25-17(34-19)16(22)23/h3-4,7,16,28H,5-6,8-9H2,1-2H3,(H,24,31). The maximum atomic E-state index is 13.5. The van der Waals surface area contributed by atoms with Crippen molar-refractivity contribution in [1.29, 1.82) is 0 Å². The minimum absolute atomic E-state index is 0.0331. The van der Waals surface area contributed by atoms with Crippen molar-refractivity contribution in [3.8, 4) is 5.13 Å². The third-order valence-electron chi connectivity index (χ3n) is 5.92. The fourth-order valence-corrected chi connectivity index (χ4v) is 6.41. The summed E-state index contributed by atoms with van der Waals surface area (Å²) in [6, 6.07) is 4.51. The Hall–Kier alpha value is -3.04. The van der Waals surface area contributed by atoms with Gasteiger partial charge < -0.3 is 4.98 Å². The second-order valence-electron chi connectivity index (χ2n) is 8.52. The number of benzene rings is 1. The number of aromatic amines is 1. The van der Waals surface area contributed by atoms with Crippen molar-refractivity contribution in [2.45, 2.75) is 43.0 Å². The van der Waals surface area contributed by atoms with E-state index in [1.807, 2.05) is 0 Å². The molecule has 3 heterocycles. The van der Waals surface area contributed by atoms with Gasteiger partial charge in [0, 0.05) is 24.7 Å². The Labute approximate surface area is 200 Å². The van der Waals surface area contributed by atoms with Gasteiger partial charge in [-0.05, 0) is 38.0 Å². The summed E-state index contributed by atoms with van der Waals surface area (Å²) in [6.07, 6.45) is -2.10. The zero-order chi connectivity index (χ0) is 25.1. The van der Waals surface area contributed by atoms with Gasteiger partial charge in [0.25, 0.3) is 6.43 Å². The van der Waals surface area contributed by atoms with E-state index in [0.717, 1.165) is 4.57 Å². The Morgan fingerprint density at radius 3 is 2.60 bits per heavy atom. The number of aromatic nitrogens is 6. The van der Waals surface area contributed by atoms with Crippen LogP contribution in [0.15, 0.2) is 27.9 Å². The van der Waals surface area contributed by atoms with Gasteiger partial charge in [0.15, 0.2) is 5.01 Å². The lowest BCUT2D eigenvalue weighted by Gasteiger charge is -2.17. The van der Waals surface area contributed by atoms with E-state index in [9.17, 15) is 26.4 Å². The fraction of sp³-hybridized carbons (Fsp3) is 0.400. The Bertz CT molecular complexity index is 1600. The second-order valence-corrected chi connectivity index (χ2v) is 11.2. The number of nitrogens with zero attached hydrogens (tertiary/aromatic N) is 5. The van der Waals surface area contributed by atoms with E-state index >= 15 is 0 Å². The molecule has 15 heteroatoms. The summed E-state index contributed by atoms with van der Waals surface area (Å²) >= 11 is 0.525. The van der Waals surface area contributed by atoms with Crippen molar-refractivity contribution in [3.63, 3.8) is 0 Å². The predicted molar refractivity (Wildman–Crippen MR) is 121 cm³/mol. The van der Waals surface area contributed by atoms with Crippen LogP contribution in [0.25, 0.3) is 16.2 Å². The third kappa shape index (κ3) is 4.16. The van der Waals surface area contributed by atoms with Crippen LogP contribution in [0.1, 0.15) is 41.2 Å². The van der Waals surface area contributed by atoms with Crippen LogP contribution < -0.4 is 10.4 Å². The SMILES string of the molecule is Cc1cc(Cc2c(S(=O)(=O)NC3(CF)CC3)ccc3[nH]c(=O)n(-c4nnc(C(F)F)s4)c23)n(C)n1. The Balaban J connectivity index is 1.77. The van der Waals surface area contributed by atoms with Gasteiger partial charge in [-0.3, -0.25) is 4.68 Å². The number of alkyl halides is 3. The lowest BCUT2D eigenvalue weighted by molar-refractivity contribution is 0.150. The average Bonchev–Trinajstić information content (AvgIpc) is 3.08. The van der Waals surface area contributed by atoms with Crippen molar-refractivity contribution in [2.75, 3.05) is 6.67 Å². The molecule has 10 nitrogen and oxygen atoms in total. The molecule has 5 rings (SSSR count). The van der Waals surface area contributed by atoms with Crippen molar-refractivity contribution in [3.05, 3.63) is 50.6 Å². The van der Waals surface area contributed by atoms with Gasteiger partial charge >= 0.3 is 5.69 Å². The first-order valence-corrected chi connectivity index (χ1v) is 12.8. The first-order chi connectivity index (χ1) is 16.5. The molecule has 1 aliphatic rings. The highest BCUT2D eigenvalue weighted by molar-refractivity contribution is 7.89. The van der Waals surface area contributed by atoms with E-state index in [4.69, 9.17) is 0 Å². The molecule has 1 saturated carbocycles. The van der Waals surface area contributed by atoms with Gasteiger partial charge in [-0.25, -0.2) is 35.7 Å². The quantitative estimate of drug-likeness (QED) is 0.363. The van der Waals surface area contributed by atoms with Crippen molar-refractivity contribution >= 4 is 32.4 Å². The van der Waals surface area contributed by atoms with Gasteiger partial charge in [0.1, 0.15) is 6.67 Å². The molecule has 2 N–H and O–H groups in total. The number of nitrogens with one attached hydrogen (secondary N) is 2. The zero-order valence-electron chi connectivity index (χ0n) is 18.5. The summed E-state index contributed by atoms with van der Waals surface area (Å²) in [6.45, 7) is 0.932. The Morgan fingerprint density at radius 1 is 1.29 bits per heavy atom. The lowest BCUT2D eigenvalue weighted by Crippen LogP contribution is -2.38. The molecule has 0 amide bonds. The second kappa shape index (κ2) is 8.27. The molecule has 0 spiro atoms. The smallest absolute Gasteiger partial charge is 0.305 e. The highest BCUT2D eigenvalue weighted by Crippen LogP contribution is 2.38. The van der Waals surface area contributed by atoms with Gasteiger partial charge in [-0.1, -0.05) is 11.3 Å². The van der Waals surface area contributed by atoms with Crippen LogP contribution in [0.5, 0.6) is 0 Å². The number of sulfonamides is 1. The van der Waals surface area contributed by atoms with Crippen LogP contribution in [-0.4, -0.2) is 50.2 Å². The van der Waals surface area contributed by atoms with Crippen molar-refractivity contribution in [2.24, 2.45) is 7.05 Å². The maximum absolute atomic E-state index is 13.5. The Morgan fingerprint density at radius 2 is 2.03 bits per heavy atom. The molecule has 1 fully saturated rings. The molecule has 35 heavy (non-hydrogen) atoms. The average molecular weight is 528 g/mol. The molecule has 3 aromatic heterocycles. The van der Waals surface area contributed by atoms with E-state index < -0.39 is 39.4 Å². The number of halogens is 3. The summed E-state index contributed by atoms with van der Waals surface area (Å²) in [5, 5.41) is 10.8. The predicted octanol–water partition coefficient (Wildman–Crippen LogP) is 2.52. The van der Waals surface area contributed by atoms with Crippen molar-refractivity contribution in [1.82, 2.24) is 34.3 Å². The molecular formula is C20H20F3N7O3S2. The molecule has 0 bridgehead atoms. The lowest BCUT2D eigenvalue weighted by atomic mass is 10.1. The van der Waals surface area contributed by atoms with Crippen LogP contribution in [0, 0.1) is 6.92 Å².